The van der Waals surface area contributed by atoms with E-state index in [1.807, 2.05) is 30.3 Å². The van der Waals surface area contributed by atoms with E-state index in [1.54, 1.807) is 0 Å². The lowest BCUT2D eigenvalue weighted by molar-refractivity contribution is 0.0971. The second-order valence-corrected chi connectivity index (χ2v) is 3.64. The van der Waals surface area contributed by atoms with E-state index in [1.165, 1.54) is 0 Å². The number of rotatable bonds is 2. The number of hydrogen-bond donors (Lipinski definition) is 1. The van der Waals surface area contributed by atoms with Crippen LogP contribution in [0.1, 0.15) is 11.7 Å². The highest BCUT2D eigenvalue weighted by molar-refractivity contribution is 5.22. The summed E-state index contributed by atoms with van der Waals surface area (Å²) in [6.07, 6.45) is -0.480. The number of hydrogen-bond acceptors (Lipinski definition) is 2. The number of ether oxygens (including phenoxy) is 1. The van der Waals surface area contributed by atoms with Gasteiger partial charge in [-0.05, 0) is 11.1 Å². The van der Waals surface area contributed by atoms with Gasteiger partial charge in [0.1, 0.15) is 0 Å². The highest BCUT2D eigenvalue weighted by Crippen LogP contribution is 2.31. The summed E-state index contributed by atoms with van der Waals surface area (Å²) in [6, 6.07) is 9.65. The maximum Gasteiger partial charge on any atom is 0.0878 e. The predicted octanol–water partition coefficient (Wildman–Crippen LogP) is 1.92. The van der Waals surface area contributed by atoms with Crippen LogP contribution in [0.25, 0.3) is 0 Å². The van der Waals surface area contributed by atoms with Crippen LogP contribution in [0.5, 0.6) is 0 Å². The normalized spacial score (nSPS) is 23.8. The molecule has 2 heteroatoms. The number of aliphatic hydroxyl groups is 1. The molecule has 1 saturated heterocycles. The first-order valence-corrected chi connectivity index (χ1v) is 4.77. The Morgan fingerprint density at radius 1 is 1.36 bits per heavy atom. The fourth-order valence-electron chi connectivity index (χ4n) is 1.74. The van der Waals surface area contributed by atoms with Crippen LogP contribution in [0.4, 0.5) is 0 Å². The van der Waals surface area contributed by atoms with Crippen molar-refractivity contribution in [2.75, 3.05) is 13.2 Å². The smallest absolute Gasteiger partial charge is 0.0878 e. The van der Waals surface area contributed by atoms with E-state index in [0.29, 0.717) is 13.2 Å². The van der Waals surface area contributed by atoms with Crippen LogP contribution in [-0.2, 0) is 4.74 Å². The van der Waals surface area contributed by atoms with Gasteiger partial charge in [-0.2, -0.15) is 0 Å². The molecule has 2 atom stereocenters. The molecule has 1 aliphatic rings. The molecule has 1 heterocycles. The maximum atomic E-state index is 10.0. The van der Waals surface area contributed by atoms with Gasteiger partial charge in [0.15, 0.2) is 0 Å². The van der Waals surface area contributed by atoms with Gasteiger partial charge in [-0.3, -0.25) is 0 Å². The molecule has 2 unspecified atom stereocenters. The summed E-state index contributed by atoms with van der Waals surface area (Å²) in [5.41, 5.74) is 1.92. The number of aliphatic hydroxyl groups excluding tert-OH is 1. The summed E-state index contributed by atoms with van der Waals surface area (Å²) in [4.78, 5) is 0. The van der Waals surface area contributed by atoms with Gasteiger partial charge >= 0.3 is 0 Å². The molecule has 0 aliphatic carbocycles. The summed E-state index contributed by atoms with van der Waals surface area (Å²) < 4.78 is 5.25. The molecule has 2 rings (SSSR count). The van der Waals surface area contributed by atoms with Gasteiger partial charge in [-0.15, -0.1) is 0 Å². The molecular weight excluding hydrogens is 176 g/mol. The molecule has 14 heavy (non-hydrogen) atoms. The van der Waals surface area contributed by atoms with Gasteiger partial charge < -0.3 is 9.84 Å². The number of benzene rings is 1. The van der Waals surface area contributed by atoms with E-state index >= 15 is 0 Å². The standard InChI is InChI=1S/C12H14O2/c1-9-7-14-8-11(9)12(13)10-5-3-2-4-6-10/h2-6,11-13H,1,7-8H2. The van der Waals surface area contributed by atoms with Crippen LogP contribution in [0, 0.1) is 5.92 Å². The Balaban J connectivity index is 2.16. The van der Waals surface area contributed by atoms with Crippen molar-refractivity contribution in [2.45, 2.75) is 6.10 Å². The fourth-order valence-corrected chi connectivity index (χ4v) is 1.74. The van der Waals surface area contributed by atoms with Crippen LogP contribution in [-0.4, -0.2) is 18.3 Å². The lowest BCUT2D eigenvalue weighted by atomic mass is 9.92. The van der Waals surface area contributed by atoms with Crippen LogP contribution in [0.15, 0.2) is 42.5 Å². The third kappa shape index (κ3) is 1.72. The third-order valence-corrected chi connectivity index (χ3v) is 2.63. The van der Waals surface area contributed by atoms with Crippen LogP contribution in [0.2, 0.25) is 0 Å². The summed E-state index contributed by atoms with van der Waals surface area (Å²) in [5, 5.41) is 10.0. The molecule has 0 amide bonds. The van der Waals surface area contributed by atoms with Crippen molar-refractivity contribution >= 4 is 0 Å². The van der Waals surface area contributed by atoms with E-state index in [-0.39, 0.29) is 5.92 Å². The van der Waals surface area contributed by atoms with E-state index in [9.17, 15) is 5.11 Å². The van der Waals surface area contributed by atoms with E-state index in [2.05, 4.69) is 6.58 Å². The molecule has 1 fully saturated rings. The van der Waals surface area contributed by atoms with Gasteiger partial charge in [0.05, 0.1) is 19.3 Å². The summed E-state index contributed by atoms with van der Waals surface area (Å²) in [7, 11) is 0. The molecule has 1 aromatic rings. The molecule has 0 saturated carbocycles. The first-order valence-electron chi connectivity index (χ1n) is 4.77. The molecule has 0 bridgehead atoms. The Bertz CT molecular complexity index is 318. The third-order valence-electron chi connectivity index (χ3n) is 2.63. The van der Waals surface area contributed by atoms with Crippen molar-refractivity contribution in [1.29, 1.82) is 0 Å². The highest BCUT2D eigenvalue weighted by atomic mass is 16.5. The van der Waals surface area contributed by atoms with Gasteiger partial charge in [0, 0.05) is 5.92 Å². The topological polar surface area (TPSA) is 29.5 Å². The minimum absolute atomic E-state index is 0.0531. The lowest BCUT2D eigenvalue weighted by Crippen LogP contribution is -2.13. The van der Waals surface area contributed by atoms with Crippen molar-refractivity contribution < 1.29 is 9.84 Å². The lowest BCUT2D eigenvalue weighted by Gasteiger charge is -2.17. The van der Waals surface area contributed by atoms with Gasteiger partial charge in [0.25, 0.3) is 0 Å². The minimum atomic E-state index is -0.480. The van der Waals surface area contributed by atoms with Crippen molar-refractivity contribution in [3.8, 4) is 0 Å². The van der Waals surface area contributed by atoms with E-state index < -0.39 is 6.10 Å². The van der Waals surface area contributed by atoms with Gasteiger partial charge in [-0.25, -0.2) is 0 Å². The molecule has 0 radical (unpaired) electrons. The minimum Gasteiger partial charge on any atom is -0.388 e. The second kappa shape index (κ2) is 3.95. The van der Waals surface area contributed by atoms with Crippen molar-refractivity contribution in [2.24, 2.45) is 5.92 Å². The molecule has 74 valence electrons. The first-order chi connectivity index (χ1) is 6.79. The van der Waals surface area contributed by atoms with E-state index in [0.717, 1.165) is 11.1 Å². The van der Waals surface area contributed by atoms with Crippen molar-refractivity contribution in [3.05, 3.63) is 48.0 Å². The van der Waals surface area contributed by atoms with Crippen LogP contribution < -0.4 is 0 Å². The van der Waals surface area contributed by atoms with Crippen LogP contribution >= 0.6 is 0 Å². The zero-order chi connectivity index (χ0) is 9.97. The maximum absolute atomic E-state index is 10.0. The summed E-state index contributed by atoms with van der Waals surface area (Å²) in [6.45, 7) is 5.05. The molecule has 1 N–H and O–H groups in total. The quantitative estimate of drug-likeness (QED) is 0.722. The zero-order valence-electron chi connectivity index (χ0n) is 8.02. The average Bonchev–Trinajstić information content (AvgIpc) is 2.65. The Labute approximate surface area is 83.8 Å². The molecule has 1 aromatic carbocycles. The Kier molecular flexibility index (Phi) is 2.66. The van der Waals surface area contributed by atoms with Gasteiger partial charge in [0.2, 0.25) is 0 Å². The van der Waals surface area contributed by atoms with Crippen molar-refractivity contribution in [3.63, 3.8) is 0 Å². The molecular formula is C12H14O2. The summed E-state index contributed by atoms with van der Waals surface area (Å²) >= 11 is 0. The predicted molar refractivity (Wildman–Crippen MR) is 54.9 cm³/mol. The zero-order valence-corrected chi connectivity index (χ0v) is 8.02. The highest BCUT2D eigenvalue weighted by Gasteiger charge is 2.28. The monoisotopic (exact) mass is 190 g/mol. The first kappa shape index (κ1) is 9.44. The largest absolute Gasteiger partial charge is 0.388 e. The second-order valence-electron chi connectivity index (χ2n) is 3.64. The van der Waals surface area contributed by atoms with E-state index in [4.69, 9.17) is 4.74 Å². The van der Waals surface area contributed by atoms with Crippen LogP contribution in [0.3, 0.4) is 0 Å². The SMILES string of the molecule is C=C1COCC1C(O)c1ccccc1. The average molecular weight is 190 g/mol. The molecule has 1 aliphatic heterocycles. The Hall–Kier alpha value is -1.12. The van der Waals surface area contributed by atoms with Gasteiger partial charge in [-0.1, -0.05) is 36.9 Å². The molecule has 0 aromatic heterocycles. The molecule has 0 spiro atoms. The fraction of sp³-hybridized carbons (Fsp3) is 0.333. The Morgan fingerprint density at radius 2 is 2.07 bits per heavy atom. The Morgan fingerprint density at radius 3 is 2.64 bits per heavy atom. The summed E-state index contributed by atoms with van der Waals surface area (Å²) in [5.74, 6) is 0.0531. The van der Waals surface area contributed by atoms with Crippen molar-refractivity contribution in [1.82, 2.24) is 0 Å². The molecule has 2 nitrogen and oxygen atoms in total.